The van der Waals surface area contributed by atoms with Gasteiger partial charge in [0.15, 0.2) is 0 Å². The van der Waals surface area contributed by atoms with Crippen molar-refractivity contribution in [3.63, 3.8) is 0 Å². The Morgan fingerprint density at radius 3 is 2.72 bits per heavy atom. The molecule has 0 saturated carbocycles. The van der Waals surface area contributed by atoms with E-state index in [0.717, 1.165) is 28.8 Å². The number of fused-ring (bicyclic) bond motifs is 1. The van der Waals surface area contributed by atoms with Crippen molar-refractivity contribution in [2.75, 3.05) is 0 Å². The van der Waals surface area contributed by atoms with Crippen LogP contribution in [0.2, 0.25) is 0 Å². The number of hydrogen-bond donors (Lipinski definition) is 0. The van der Waals surface area contributed by atoms with Gasteiger partial charge < -0.3 is 9.15 Å². The summed E-state index contributed by atoms with van der Waals surface area (Å²) in [7, 11) is 0. The standard InChI is InChI=1S/C19H14N2O3S/c1-2-17-20-19(25-21-17)23-13-8-9-14-15(12-6-4-3-5-7-12)11-18(22)24-16(14)10-13/h3-11H,2H2,1H3. The van der Waals surface area contributed by atoms with Crippen molar-refractivity contribution in [2.45, 2.75) is 13.3 Å². The molecule has 0 saturated heterocycles. The van der Waals surface area contributed by atoms with Gasteiger partial charge in [-0.05, 0) is 23.3 Å². The molecular formula is C19H14N2O3S. The lowest BCUT2D eigenvalue weighted by Crippen LogP contribution is -1.98. The Balaban J connectivity index is 1.77. The van der Waals surface area contributed by atoms with Crippen LogP contribution in [0.3, 0.4) is 0 Å². The molecule has 124 valence electrons. The summed E-state index contributed by atoms with van der Waals surface area (Å²) in [6.07, 6.45) is 0.757. The maximum atomic E-state index is 12.0. The molecule has 0 unspecified atom stereocenters. The summed E-state index contributed by atoms with van der Waals surface area (Å²) < 4.78 is 15.3. The fraction of sp³-hybridized carbons (Fsp3) is 0.105. The Kier molecular flexibility index (Phi) is 4.03. The lowest BCUT2D eigenvalue weighted by Gasteiger charge is -2.07. The first-order valence-electron chi connectivity index (χ1n) is 7.86. The minimum Gasteiger partial charge on any atom is -0.430 e. The third-order valence-corrected chi connectivity index (χ3v) is 4.40. The van der Waals surface area contributed by atoms with Crippen molar-refractivity contribution in [3.8, 4) is 22.1 Å². The van der Waals surface area contributed by atoms with Gasteiger partial charge in [0.25, 0.3) is 5.19 Å². The largest absolute Gasteiger partial charge is 0.430 e. The summed E-state index contributed by atoms with van der Waals surface area (Å²) in [5.41, 5.74) is 1.88. The number of benzene rings is 2. The first-order chi connectivity index (χ1) is 12.2. The highest BCUT2D eigenvalue weighted by Gasteiger charge is 2.10. The van der Waals surface area contributed by atoms with Crippen LogP contribution >= 0.6 is 11.5 Å². The van der Waals surface area contributed by atoms with Crippen molar-refractivity contribution in [1.82, 2.24) is 9.36 Å². The molecule has 0 N–H and O–H groups in total. The van der Waals surface area contributed by atoms with E-state index in [1.165, 1.54) is 17.6 Å². The zero-order valence-electron chi connectivity index (χ0n) is 13.4. The summed E-state index contributed by atoms with van der Waals surface area (Å²) in [5.74, 6) is 1.30. The van der Waals surface area contributed by atoms with Crippen molar-refractivity contribution in [1.29, 1.82) is 0 Å². The van der Waals surface area contributed by atoms with Crippen LogP contribution in [0.5, 0.6) is 10.9 Å². The highest BCUT2D eigenvalue weighted by Crippen LogP contribution is 2.31. The second-order valence-corrected chi connectivity index (χ2v) is 6.15. The van der Waals surface area contributed by atoms with Gasteiger partial charge in [0, 0.05) is 35.5 Å². The maximum absolute atomic E-state index is 12.0. The second-order valence-electron chi connectivity index (χ2n) is 5.44. The average Bonchev–Trinajstić information content (AvgIpc) is 3.09. The number of aryl methyl sites for hydroxylation is 1. The van der Waals surface area contributed by atoms with Crippen molar-refractivity contribution < 1.29 is 9.15 Å². The number of aromatic nitrogens is 2. The van der Waals surface area contributed by atoms with E-state index in [4.69, 9.17) is 9.15 Å². The van der Waals surface area contributed by atoms with Gasteiger partial charge in [-0.15, -0.1) is 0 Å². The van der Waals surface area contributed by atoms with Gasteiger partial charge in [-0.3, -0.25) is 0 Å². The summed E-state index contributed by atoms with van der Waals surface area (Å²) >= 11 is 1.20. The van der Waals surface area contributed by atoms with E-state index < -0.39 is 5.63 Å². The summed E-state index contributed by atoms with van der Waals surface area (Å²) in [5, 5.41) is 1.32. The first-order valence-corrected chi connectivity index (χ1v) is 8.64. The Hall–Kier alpha value is -2.99. The van der Waals surface area contributed by atoms with Gasteiger partial charge in [0.2, 0.25) is 0 Å². The molecule has 4 aromatic rings. The number of rotatable bonds is 4. The molecule has 0 fully saturated rings. The van der Waals surface area contributed by atoms with Crippen molar-refractivity contribution in [3.05, 3.63) is 70.8 Å². The van der Waals surface area contributed by atoms with Crippen LogP contribution in [-0.4, -0.2) is 9.36 Å². The van der Waals surface area contributed by atoms with Gasteiger partial charge in [0.1, 0.15) is 17.2 Å². The zero-order chi connectivity index (χ0) is 17.2. The molecule has 6 heteroatoms. The van der Waals surface area contributed by atoms with Crippen molar-refractivity contribution >= 4 is 22.5 Å². The molecule has 0 radical (unpaired) electrons. The molecule has 5 nitrogen and oxygen atoms in total. The minimum atomic E-state index is -0.396. The molecule has 2 aromatic carbocycles. The Morgan fingerprint density at radius 1 is 1.12 bits per heavy atom. The number of nitrogens with zero attached hydrogens (tertiary/aromatic N) is 2. The lowest BCUT2D eigenvalue weighted by atomic mass is 10.0. The van der Waals surface area contributed by atoms with E-state index in [-0.39, 0.29) is 0 Å². The monoisotopic (exact) mass is 350 g/mol. The van der Waals surface area contributed by atoms with Gasteiger partial charge in [-0.2, -0.15) is 9.36 Å². The Bertz CT molecular complexity index is 1090. The molecule has 0 atom stereocenters. The van der Waals surface area contributed by atoms with E-state index in [1.807, 2.05) is 49.4 Å². The number of ether oxygens (including phenoxy) is 1. The third kappa shape index (κ3) is 3.16. The Morgan fingerprint density at radius 2 is 1.96 bits per heavy atom. The number of hydrogen-bond acceptors (Lipinski definition) is 6. The van der Waals surface area contributed by atoms with Crippen LogP contribution in [0.1, 0.15) is 12.7 Å². The van der Waals surface area contributed by atoms with Gasteiger partial charge >= 0.3 is 5.63 Å². The normalized spacial score (nSPS) is 10.9. The summed E-state index contributed by atoms with van der Waals surface area (Å²) in [6.45, 7) is 1.99. The first kappa shape index (κ1) is 15.5. The van der Waals surface area contributed by atoms with Gasteiger partial charge in [-0.25, -0.2) is 4.79 Å². The zero-order valence-corrected chi connectivity index (χ0v) is 14.2. The highest BCUT2D eigenvalue weighted by molar-refractivity contribution is 7.07. The van der Waals surface area contributed by atoms with E-state index in [1.54, 1.807) is 6.07 Å². The fourth-order valence-electron chi connectivity index (χ4n) is 2.59. The smallest absolute Gasteiger partial charge is 0.336 e. The molecule has 2 heterocycles. The molecule has 0 bridgehead atoms. The molecule has 4 rings (SSSR count). The average molecular weight is 350 g/mol. The quantitative estimate of drug-likeness (QED) is 0.501. The van der Waals surface area contributed by atoms with Crippen LogP contribution < -0.4 is 10.4 Å². The fourth-order valence-corrected chi connectivity index (χ4v) is 3.22. The predicted octanol–water partition coefficient (Wildman–Crippen LogP) is 4.67. The van der Waals surface area contributed by atoms with E-state index in [9.17, 15) is 4.79 Å². The predicted molar refractivity (Wildman–Crippen MR) is 97.3 cm³/mol. The van der Waals surface area contributed by atoms with Gasteiger partial charge in [-0.1, -0.05) is 37.3 Å². The highest BCUT2D eigenvalue weighted by atomic mass is 32.1. The SMILES string of the molecule is CCc1nsc(Oc2ccc3c(-c4ccccc4)cc(=O)oc3c2)n1. The molecule has 2 aromatic heterocycles. The molecule has 0 aliphatic rings. The third-order valence-electron chi connectivity index (χ3n) is 3.77. The molecule has 25 heavy (non-hydrogen) atoms. The van der Waals surface area contributed by atoms with Crippen LogP contribution in [0.25, 0.3) is 22.1 Å². The maximum Gasteiger partial charge on any atom is 0.336 e. The molecule has 0 amide bonds. The van der Waals surface area contributed by atoms with Crippen molar-refractivity contribution in [2.24, 2.45) is 0 Å². The lowest BCUT2D eigenvalue weighted by molar-refractivity contribution is 0.475. The van der Waals surface area contributed by atoms with E-state index >= 15 is 0 Å². The summed E-state index contributed by atoms with van der Waals surface area (Å²) in [6, 6.07) is 16.7. The molecular weight excluding hydrogens is 336 g/mol. The minimum absolute atomic E-state index is 0.396. The summed E-state index contributed by atoms with van der Waals surface area (Å²) in [4.78, 5) is 16.2. The van der Waals surface area contributed by atoms with E-state index in [2.05, 4.69) is 9.36 Å². The molecule has 0 aliphatic carbocycles. The van der Waals surface area contributed by atoms with E-state index in [0.29, 0.717) is 16.5 Å². The van der Waals surface area contributed by atoms with Crippen LogP contribution in [0.4, 0.5) is 0 Å². The second kappa shape index (κ2) is 6.49. The Labute approximate surface area is 147 Å². The topological polar surface area (TPSA) is 65.2 Å². The molecule has 0 spiro atoms. The van der Waals surface area contributed by atoms with Crippen LogP contribution in [-0.2, 0) is 6.42 Å². The molecule has 0 aliphatic heterocycles. The van der Waals surface area contributed by atoms with Crippen LogP contribution in [0.15, 0.2) is 63.8 Å². The van der Waals surface area contributed by atoms with Crippen LogP contribution in [0, 0.1) is 0 Å². The van der Waals surface area contributed by atoms with Gasteiger partial charge in [0.05, 0.1) is 0 Å².